The molecule has 2 aromatic rings. The highest BCUT2D eigenvalue weighted by atomic mass is 16.1. The van der Waals surface area contributed by atoms with Crippen molar-refractivity contribution < 1.29 is 4.79 Å². The molecule has 94 valence electrons. The molecule has 2 rings (SSSR count). The highest BCUT2D eigenvalue weighted by molar-refractivity contribution is 5.95. The number of aromatic amines is 1. The van der Waals surface area contributed by atoms with Crippen molar-refractivity contribution in [2.75, 3.05) is 18.1 Å². The zero-order chi connectivity index (χ0) is 13.0. The molecule has 1 heterocycles. The molecule has 1 amide bonds. The van der Waals surface area contributed by atoms with E-state index >= 15 is 0 Å². The molecule has 6 nitrogen and oxygen atoms in total. The van der Waals surface area contributed by atoms with Gasteiger partial charge in [-0.2, -0.15) is 0 Å². The quantitative estimate of drug-likeness (QED) is 0.603. The first-order valence-corrected chi connectivity index (χ1v) is 5.53. The molecular weight excluding hydrogens is 230 g/mol. The Kier molecular flexibility index (Phi) is 3.47. The number of aromatic nitrogens is 2. The van der Waals surface area contributed by atoms with Gasteiger partial charge in [-0.3, -0.25) is 4.79 Å². The van der Waals surface area contributed by atoms with E-state index in [0.717, 1.165) is 11.4 Å². The fourth-order valence-electron chi connectivity index (χ4n) is 1.58. The van der Waals surface area contributed by atoms with Crippen molar-refractivity contribution in [1.82, 2.24) is 15.3 Å². The zero-order valence-corrected chi connectivity index (χ0v) is 10.0. The molecule has 0 aliphatic rings. The van der Waals surface area contributed by atoms with E-state index in [-0.39, 0.29) is 5.91 Å². The summed E-state index contributed by atoms with van der Waals surface area (Å²) in [6.07, 6.45) is 3.36. The summed E-state index contributed by atoms with van der Waals surface area (Å²) in [4.78, 5) is 18.3. The Morgan fingerprint density at radius 1 is 1.50 bits per heavy atom. The minimum Gasteiger partial charge on any atom is -0.397 e. The third-order valence-corrected chi connectivity index (χ3v) is 2.56. The molecule has 0 saturated carbocycles. The number of anilines is 2. The van der Waals surface area contributed by atoms with Gasteiger partial charge < -0.3 is 21.4 Å². The minimum absolute atomic E-state index is 0.151. The van der Waals surface area contributed by atoms with Gasteiger partial charge in [-0.05, 0) is 18.2 Å². The lowest BCUT2D eigenvalue weighted by Crippen LogP contribution is -2.18. The van der Waals surface area contributed by atoms with E-state index in [2.05, 4.69) is 20.6 Å². The summed E-state index contributed by atoms with van der Waals surface area (Å²) in [6.45, 7) is 0.601. The molecule has 1 aromatic carbocycles. The number of hydrogen-bond donors (Lipinski definition) is 4. The maximum Gasteiger partial charge on any atom is 0.251 e. The average molecular weight is 245 g/mol. The largest absolute Gasteiger partial charge is 0.397 e. The number of nitrogen functional groups attached to an aromatic ring is 1. The van der Waals surface area contributed by atoms with Crippen LogP contribution in [0.15, 0.2) is 30.7 Å². The standard InChI is InChI=1S/C12H15N5O/c1-14-12(18)8-2-3-11(10(13)4-8)16-6-9-5-15-7-17-9/h2-5,7,16H,6,13H2,1H3,(H,14,18)(H,15,17). The van der Waals surface area contributed by atoms with Gasteiger partial charge >= 0.3 is 0 Å². The highest BCUT2D eigenvalue weighted by Crippen LogP contribution is 2.20. The van der Waals surface area contributed by atoms with E-state index in [1.54, 1.807) is 37.8 Å². The van der Waals surface area contributed by atoms with Crippen molar-refractivity contribution in [3.63, 3.8) is 0 Å². The summed E-state index contributed by atoms with van der Waals surface area (Å²) in [7, 11) is 1.59. The predicted molar refractivity (Wildman–Crippen MR) is 70.2 cm³/mol. The summed E-state index contributed by atoms with van der Waals surface area (Å²) in [5.41, 5.74) is 8.72. The van der Waals surface area contributed by atoms with Crippen molar-refractivity contribution in [2.24, 2.45) is 0 Å². The summed E-state index contributed by atoms with van der Waals surface area (Å²) >= 11 is 0. The minimum atomic E-state index is -0.151. The zero-order valence-electron chi connectivity index (χ0n) is 10.0. The molecule has 0 saturated heterocycles. The molecule has 0 atom stereocenters. The number of nitrogens with one attached hydrogen (secondary N) is 3. The summed E-state index contributed by atoms with van der Waals surface area (Å²) in [5, 5.41) is 5.73. The van der Waals surface area contributed by atoms with Crippen LogP contribution < -0.4 is 16.4 Å². The van der Waals surface area contributed by atoms with Crippen LogP contribution in [-0.2, 0) is 6.54 Å². The van der Waals surface area contributed by atoms with Crippen LogP contribution in [0, 0.1) is 0 Å². The van der Waals surface area contributed by atoms with Gasteiger partial charge in [0.1, 0.15) is 0 Å². The molecule has 5 N–H and O–H groups in total. The Labute approximate surface area is 105 Å². The second kappa shape index (κ2) is 5.22. The molecule has 0 fully saturated rings. The second-order valence-corrected chi connectivity index (χ2v) is 3.81. The number of hydrogen-bond acceptors (Lipinski definition) is 4. The van der Waals surface area contributed by atoms with Crippen molar-refractivity contribution >= 4 is 17.3 Å². The second-order valence-electron chi connectivity index (χ2n) is 3.81. The smallest absolute Gasteiger partial charge is 0.251 e. The fourth-order valence-corrected chi connectivity index (χ4v) is 1.58. The molecule has 0 spiro atoms. The fraction of sp³-hybridized carbons (Fsp3) is 0.167. The van der Waals surface area contributed by atoms with E-state index in [1.807, 2.05) is 0 Å². The van der Waals surface area contributed by atoms with E-state index in [9.17, 15) is 4.79 Å². The Balaban J connectivity index is 2.08. The topological polar surface area (TPSA) is 95.8 Å². The lowest BCUT2D eigenvalue weighted by molar-refractivity contribution is 0.0963. The van der Waals surface area contributed by atoms with Gasteiger partial charge in [0.05, 0.1) is 29.9 Å². The van der Waals surface area contributed by atoms with Gasteiger partial charge in [-0.25, -0.2) is 4.98 Å². The monoisotopic (exact) mass is 245 g/mol. The number of amides is 1. The first-order valence-electron chi connectivity index (χ1n) is 5.53. The van der Waals surface area contributed by atoms with Crippen molar-refractivity contribution in [2.45, 2.75) is 6.54 Å². The molecule has 0 unspecified atom stereocenters. The number of carbonyl (C=O) groups is 1. The normalized spacial score (nSPS) is 10.1. The van der Waals surface area contributed by atoms with Crippen LogP contribution in [-0.4, -0.2) is 22.9 Å². The van der Waals surface area contributed by atoms with E-state index < -0.39 is 0 Å². The van der Waals surface area contributed by atoms with Crippen LogP contribution >= 0.6 is 0 Å². The van der Waals surface area contributed by atoms with E-state index in [4.69, 9.17) is 5.73 Å². The molecular formula is C12H15N5O. The van der Waals surface area contributed by atoms with Gasteiger partial charge in [-0.15, -0.1) is 0 Å². The van der Waals surface area contributed by atoms with Crippen LogP contribution in [0.3, 0.4) is 0 Å². The first-order chi connectivity index (χ1) is 8.70. The van der Waals surface area contributed by atoms with Crippen LogP contribution in [0.4, 0.5) is 11.4 Å². The number of imidazole rings is 1. The molecule has 0 aliphatic heterocycles. The summed E-state index contributed by atoms with van der Waals surface area (Å²) in [5.74, 6) is -0.151. The van der Waals surface area contributed by atoms with Gasteiger partial charge in [0.15, 0.2) is 0 Å². The third kappa shape index (κ3) is 2.60. The Morgan fingerprint density at radius 3 is 2.94 bits per heavy atom. The van der Waals surface area contributed by atoms with Crippen LogP contribution in [0.2, 0.25) is 0 Å². The highest BCUT2D eigenvalue weighted by Gasteiger charge is 2.06. The van der Waals surface area contributed by atoms with E-state index in [0.29, 0.717) is 17.8 Å². The van der Waals surface area contributed by atoms with Gasteiger partial charge in [0.25, 0.3) is 5.91 Å². The molecule has 0 radical (unpaired) electrons. The third-order valence-electron chi connectivity index (χ3n) is 2.56. The molecule has 0 bridgehead atoms. The van der Waals surface area contributed by atoms with Crippen molar-refractivity contribution in [3.05, 3.63) is 42.0 Å². The summed E-state index contributed by atoms with van der Waals surface area (Å²) in [6, 6.07) is 5.16. The Morgan fingerprint density at radius 2 is 2.33 bits per heavy atom. The first kappa shape index (κ1) is 12.0. The number of nitrogens with two attached hydrogens (primary N) is 1. The Bertz CT molecular complexity index is 535. The Hall–Kier alpha value is -2.50. The van der Waals surface area contributed by atoms with Crippen LogP contribution in [0.5, 0.6) is 0 Å². The molecule has 0 aliphatic carbocycles. The van der Waals surface area contributed by atoms with Gasteiger partial charge in [-0.1, -0.05) is 0 Å². The van der Waals surface area contributed by atoms with E-state index in [1.165, 1.54) is 0 Å². The predicted octanol–water partition coefficient (Wildman–Crippen LogP) is 0.964. The maximum atomic E-state index is 11.4. The average Bonchev–Trinajstić information content (AvgIpc) is 2.89. The molecule has 18 heavy (non-hydrogen) atoms. The maximum absolute atomic E-state index is 11.4. The number of nitrogens with zero attached hydrogens (tertiary/aromatic N) is 1. The lowest BCUT2D eigenvalue weighted by Gasteiger charge is -2.09. The number of carbonyl (C=O) groups excluding carboxylic acids is 1. The number of H-pyrrole nitrogens is 1. The van der Waals surface area contributed by atoms with Crippen molar-refractivity contribution in [3.8, 4) is 0 Å². The van der Waals surface area contributed by atoms with Crippen molar-refractivity contribution in [1.29, 1.82) is 0 Å². The number of benzene rings is 1. The lowest BCUT2D eigenvalue weighted by atomic mass is 10.1. The molecule has 6 heteroatoms. The summed E-state index contributed by atoms with van der Waals surface area (Å²) < 4.78 is 0. The molecule has 1 aromatic heterocycles. The SMILES string of the molecule is CNC(=O)c1ccc(NCc2cnc[nH]2)c(N)c1. The van der Waals surface area contributed by atoms with Gasteiger partial charge in [0, 0.05) is 18.8 Å². The van der Waals surface area contributed by atoms with Gasteiger partial charge in [0.2, 0.25) is 0 Å². The van der Waals surface area contributed by atoms with Crippen LogP contribution in [0.25, 0.3) is 0 Å². The number of rotatable bonds is 4. The van der Waals surface area contributed by atoms with Crippen LogP contribution in [0.1, 0.15) is 16.1 Å².